The van der Waals surface area contributed by atoms with E-state index in [1.165, 1.54) is 11.3 Å². The number of anilines is 1. The second-order valence-corrected chi connectivity index (χ2v) is 3.46. The first-order valence-corrected chi connectivity index (χ1v) is 4.87. The first-order valence-electron chi connectivity index (χ1n) is 4.00. The third-order valence-corrected chi connectivity index (χ3v) is 2.24. The van der Waals surface area contributed by atoms with Gasteiger partial charge in [0.1, 0.15) is 0 Å². The van der Waals surface area contributed by atoms with E-state index in [0.717, 1.165) is 11.4 Å². The van der Waals surface area contributed by atoms with Crippen LogP contribution in [0.25, 0.3) is 12.2 Å². The Kier molecular flexibility index (Phi) is 2.51. The van der Waals surface area contributed by atoms with Gasteiger partial charge in [0.05, 0.1) is 17.6 Å². The van der Waals surface area contributed by atoms with Crippen molar-refractivity contribution in [1.82, 2.24) is 15.0 Å². The predicted molar refractivity (Wildman–Crippen MR) is 57.5 cm³/mol. The molecule has 0 aliphatic carbocycles. The minimum Gasteiger partial charge on any atom is -0.375 e. The van der Waals surface area contributed by atoms with E-state index in [4.69, 9.17) is 5.73 Å². The third-order valence-electron chi connectivity index (χ3n) is 1.55. The van der Waals surface area contributed by atoms with Gasteiger partial charge in [0.25, 0.3) is 0 Å². The Bertz CT molecular complexity index is 435. The number of nitrogens with zero attached hydrogens (tertiary/aromatic N) is 3. The Morgan fingerprint density at radius 1 is 1.21 bits per heavy atom. The van der Waals surface area contributed by atoms with Crippen LogP contribution in [0.1, 0.15) is 11.4 Å². The standard InChI is InChI=1S/C9H8N4S/c10-9-13-8(6-14-9)2-1-7-5-11-3-4-12-7/h1-6H,(H2,10,13). The van der Waals surface area contributed by atoms with Crippen molar-refractivity contribution in [2.24, 2.45) is 0 Å². The molecule has 0 unspecified atom stereocenters. The van der Waals surface area contributed by atoms with Gasteiger partial charge in [-0.05, 0) is 12.2 Å². The lowest BCUT2D eigenvalue weighted by Gasteiger charge is -1.87. The average molecular weight is 204 g/mol. The summed E-state index contributed by atoms with van der Waals surface area (Å²) in [4.78, 5) is 12.1. The van der Waals surface area contributed by atoms with Crippen LogP contribution in [0.4, 0.5) is 5.13 Å². The van der Waals surface area contributed by atoms with Crippen molar-refractivity contribution >= 4 is 28.6 Å². The summed E-state index contributed by atoms with van der Waals surface area (Å²) in [6.07, 6.45) is 8.68. The van der Waals surface area contributed by atoms with E-state index in [1.54, 1.807) is 18.6 Å². The molecule has 0 fully saturated rings. The first kappa shape index (κ1) is 8.83. The molecule has 0 aliphatic heterocycles. The quantitative estimate of drug-likeness (QED) is 0.808. The van der Waals surface area contributed by atoms with Gasteiger partial charge in [0, 0.05) is 17.8 Å². The zero-order valence-electron chi connectivity index (χ0n) is 7.29. The molecule has 4 nitrogen and oxygen atoms in total. The Hall–Kier alpha value is -1.75. The van der Waals surface area contributed by atoms with Crippen LogP contribution in [-0.4, -0.2) is 15.0 Å². The molecule has 0 radical (unpaired) electrons. The number of hydrogen-bond donors (Lipinski definition) is 1. The number of aromatic nitrogens is 3. The van der Waals surface area contributed by atoms with E-state index < -0.39 is 0 Å². The lowest BCUT2D eigenvalue weighted by molar-refractivity contribution is 1.18. The number of rotatable bonds is 2. The van der Waals surface area contributed by atoms with E-state index in [2.05, 4.69) is 15.0 Å². The molecule has 0 bridgehead atoms. The maximum atomic E-state index is 5.49. The summed E-state index contributed by atoms with van der Waals surface area (Å²) < 4.78 is 0. The molecule has 0 saturated heterocycles. The fraction of sp³-hybridized carbons (Fsp3) is 0. The number of nitrogens with two attached hydrogens (primary N) is 1. The van der Waals surface area contributed by atoms with E-state index in [-0.39, 0.29) is 0 Å². The van der Waals surface area contributed by atoms with Crippen LogP contribution in [0, 0.1) is 0 Å². The molecule has 2 N–H and O–H groups in total. The minimum atomic E-state index is 0.573. The highest BCUT2D eigenvalue weighted by atomic mass is 32.1. The molecular formula is C9H8N4S. The van der Waals surface area contributed by atoms with Gasteiger partial charge in [-0.1, -0.05) is 0 Å². The van der Waals surface area contributed by atoms with E-state index in [1.807, 2.05) is 17.5 Å². The van der Waals surface area contributed by atoms with Crippen molar-refractivity contribution in [3.63, 3.8) is 0 Å². The van der Waals surface area contributed by atoms with Gasteiger partial charge in [-0.2, -0.15) is 0 Å². The van der Waals surface area contributed by atoms with Gasteiger partial charge in [-0.25, -0.2) is 4.98 Å². The maximum Gasteiger partial charge on any atom is 0.180 e. The van der Waals surface area contributed by atoms with Gasteiger partial charge < -0.3 is 5.73 Å². The summed E-state index contributed by atoms with van der Waals surface area (Å²) in [5, 5.41) is 2.46. The second-order valence-electron chi connectivity index (χ2n) is 2.57. The zero-order valence-corrected chi connectivity index (χ0v) is 8.11. The van der Waals surface area contributed by atoms with Gasteiger partial charge in [0.2, 0.25) is 0 Å². The molecule has 2 aromatic rings. The van der Waals surface area contributed by atoms with Gasteiger partial charge in [-0.3, -0.25) is 9.97 Å². The van der Waals surface area contributed by atoms with Crippen molar-refractivity contribution in [2.45, 2.75) is 0 Å². The van der Waals surface area contributed by atoms with Crippen LogP contribution in [-0.2, 0) is 0 Å². The van der Waals surface area contributed by atoms with Crippen LogP contribution in [0.2, 0.25) is 0 Å². The second kappa shape index (κ2) is 3.97. The van der Waals surface area contributed by atoms with E-state index >= 15 is 0 Å². The average Bonchev–Trinajstić information content (AvgIpc) is 2.63. The van der Waals surface area contributed by atoms with Crippen LogP contribution in [0.3, 0.4) is 0 Å². The molecule has 70 valence electrons. The molecule has 0 aliphatic rings. The molecular weight excluding hydrogens is 196 g/mol. The van der Waals surface area contributed by atoms with Crippen LogP contribution in [0.5, 0.6) is 0 Å². The topological polar surface area (TPSA) is 64.7 Å². The summed E-state index contributed by atoms with van der Waals surface area (Å²) in [5.41, 5.74) is 7.14. The summed E-state index contributed by atoms with van der Waals surface area (Å²) in [5.74, 6) is 0. The van der Waals surface area contributed by atoms with E-state index in [0.29, 0.717) is 5.13 Å². The molecule has 5 heteroatoms. The van der Waals surface area contributed by atoms with Crippen molar-refractivity contribution in [3.8, 4) is 0 Å². The fourth-order valence-electron chi connectivity index (χ4n) is 0.945. The molecule has 2 rings (SSSR count). The smallest absolute Gasteiger partial charge is 0.180 e. The van der Waals surface area contributed by atoms with Gasteiger partial charge in [0.15, 0.2) is 5.13 Å². The van der Waals surface area contributed by atoms with Crippen LogP contribution in [0.15, 0.2) is 24.0 Å². The molecule has 14 heavy (non-hydrogen) atoms. The normalized spacial score (nSPS) is 10.9. The number of hydrogen-bond acceptors (Lipinski definition) is 5. The number of thiazole rings is 1. The van der Waals surface area contributed by atoms with Crippen LogP contribution >= 0.6 is 11.3 Å². The Morgan fingerprint density at radius 2 is 2.07 bits per heavy atom. The van der Waals surface area contributed by atoms with Crippen LogP contribution < -0.4 is 5.73 Å². The van der Waals surface area contributed by atoms with Gasteiger partial charge >= 0.3 is 0 Å². The molecule has 2 heterocycles. The van der Waals surface area contributed by atoms with Crippen molar-refractivity contribution in [2.75, 3.05) is 5.73 Å². The Morgan fingerprint density at radius 3 is 2.71 bits per heavy atom. The molecule has 0 amide bonds. The molecule has 0 aromatic carbocycles. The monoisotopic (exact) mass is 204 g/mol. The fourth-order valence-corrected chi connectivity index (χ4v) is 1.48. The lowest BCUT2D eigenvalue weighted by Crippen LogP contribution is -1.82. The summed E-state index contributed by atoms with van der Waals surface area (Å²) in [6, 6.07) is 0. The Balaban J connectivity index is 2.15. The Labute approximate surface area is 85.2 Å². The predicted octanol–water partition coefficient (Wildman–Crippen LogP) is 1.69. The van der Waals surface area contributed by atoms with Gasteiger partial charge in [-0.15, -0.1) is 11.3 Å². The SMILES string of the molecule is Nc1nc(C=Cc2cnccn2)cs1. The molecule has 0 atom stereocenters. The van der Waals surface area contributed by atoms with Crippen molar-refractivity contribution < 1.29 is 0 Å². The number of nitrogen functional groups attached to an aromatic ring is 1. The minimum absolute atomic E-state index is 0.573. The van der Waals surface area contributed by atoms with Crippen molar-refractivity contribution in [3.05, 3.63) is 35.4 Å². The highest BCUT2D eigenvalue weighted by Crippen LogP contribution is 2.13. The summed E-state index contributed by atoms with van der Waals surface area (Å²) in [7, 11) is 0. The maximum absolute atomic E-state index is 5.49. The lowest BCUT2D eigenvalue weighted by atomic mass is 10.3. The molecule has 2 aromatic heterocycles. The van der Waals surface area contributed by atoms with E-state index in [9.17, 15) is 0 Å². The largest absolute Gasteiger partial charge is 0.375 e. The third kappa shape index (κ3) is 2.14. The highest BCUT2D eigenvalue weighted by molar-refractivity contribution is 7.13. The molecule has 0 spiro atoms. The highest BCUT2D eigenvalue weighted by Gasteiger charge is 1.93. The van der Waals surface area contributed by atoms with Crippen molar-refractivity contribution in [1.29, 1.82) is 0 Å². The summed E-state index contributed by atoms with van der Waals surface area (Å²) >= 11 is 1.42. The molecule has 0 saturated carbocycles. The first-order chi connectivity index (χ1) is 6.84. The summed E-state index contributed by atoms with van der Waals surface area (Å²) in [6.45, 7) is 0. The zero-order chi connectivity index (χ0) is 9.80.